The molecular weight excluding hydrogens is 396 g/mol. The lowest BCUT2D eigenvalue weighted by atomic mass is 10.1. The molecule has 0 bridgehead atoms. The second-order valence-electron chi connectivity index (χ2n) is 6.87. The van der Waals surface area contributed by atoms with Gasteiger partial charge in [-0.25, -0.2) is 14.4 Å². The highest BCUT2D eigenvalue weighted by Crippen LogP contribution is 2.08. The van der Waals surface area contributed by atoms with Gasteiger partial charge in [0.1, 0.15) is 19.3 Å². The van der Waals surface area contributed by atoms with Gasteiger partial charge in [0.2, 0.25) is 0 Å². The average molecular weight is 435 g/mol. The number of rotatable bonds is 17. The summed E-state index contributed by atoms with van der Waals surface area (Å²) in [4.78, 5) is 34.6. The van der Waals surface area contributed by atoms with E-state index in [1.165, 1.54) is 13.3 Å². The van der Waals surface area contributed by atoms with Crippen LogP contribution in [-0.4, -0.2) is 63.5 Å². The molecule has 0 fully saturated rings. The Morgan fingerprint density at radius 2 is 1.27 bits per heavy atom. The van der Waals surface area contributed by atoms with Crippen molar-refractivity contribution in [2.75, 3.05) is 33.0 Å². The van der Waals surface area contributed by atoms with E-state index in [0.29, 0.717) is 6.61 Å². The van der Waals surface area contributed by atoms with Crippen molar-refractivity contribution in [3.63, 3.8) is 0 Å². The van der Waals surface area contributed by atoms with Crippen LogP contribution < -0.4 is 0 Å². The van der Waals surface area contributed by atoms with Gasteiger partial charge in [-0.05, 0) is 33.1 Å². The van der Waals surface area contributed by atoms with Crippen LogP contribution in [0.15, 0.2) is 0 Å². The van der Waals surface area contributed by atoms with Crippen LogP contribution in [-0.2, 0) is 33.2 Å². The summed E-state index contributed by atoms with van der Waals surface area (Å²) in [6.45, 7) is 7.87. The molecule has 0 amide bonds. The zero-order chi connectivity index (χ0) is 22.6. The Balaban J connectivity index is 3.62. The Labute approximate surface area is 179 Å². The van der Waals surface area contributed by atoms with Crippen molar-refractivity contribution in [3.05, 3.63) is 0 Å². The molecule has 0 rings (SSSR count). The van der Waals surface area contributed by atoms with Crippen LogP contribution in [0.3, 0.4) is 0 Å². The normalized spacial score (nSPS) is 12.5. The summed E-state index contributed by atoms with van der Waals surface area (Å²) < 4.78 is 29.8. The molecule has 0 unspecified atom stereocenters. The van der Waals surface area contributed by atoms with Gasteiger partial charge in [-0.15, -0.1) is 0 Å². The molecule has 0 saturated carbocycles. The number of hydrogen-bond donors (Lipinski definition) is 0. The first-order valence-corrected chi connectivity index (χ1v) is 10.8. The van der Waals surface area contributed by atoms with Gasteiger partial charge in [0.25, 0.3) is 0 Å². The van der Waals surface area contributed by atoms with Crippen molar-refractivity contribution in [1.29, 1.82) is 0 Å². The highest BCUT2D eigenvalue weighted by molar-refractivity contribution is 5.76. The summed E-state index contributed by atoms with van der Waals surface area (Å²) in [7, 11) is 0. The molecule has 0 spiro atoms. The fourth-order valence-electron chi connectivity index (χ4n) is 2.25. The van der Waals surface area contributed by atoms with Gasteiger partial charge in [-0.2, -0.15) is 0 Å². The summed E-state index contributed by atoms with van der Waals surface area (Å²) in [6.07, 6.45) is 4.04. The predicted octanol–water partition coefficient (Wildman–Crippen LogP) is 4.40. The molecule has 0 N–H and O–H groups in total. The Morgan fingerprint density at radius 3 is 1.87 bits per heavy atom. The summed E-state index contributed by atoms with van der Waals surface area (Å²) in [5.41, 5.74) is 0. The third-order valence-corrected chi connectivity index (χ3v) is 4.00. The quantitative estimate of drug-likeness (QED) is 0.187. The summed E-state index contributed by atoms with van der Waals surface area (Å²) in [5, 5.41) is 0. The molecule has 0 aromatic carbocycles. The molecule has 9 heteroatoms. The van der Waals surface area contributed by atoms with Gasteiger partial charge in [0, 0.05) is 0 Å². The standard InChI is InChI=1S/C21H38O9/c1-5-7-9-10-11-17(3)29-20(23)27-15-13-25-14-16-28-21(24)30-18(4)19(22)26-12-8-6-2/h17-18H,5-16H2,1-4H3/t17-,18+/m0/s1. The third kappa shape index (κ3) is 16.9. The summed E-state index contributed by atoms with van der Waals surface area (Å²) >= 11 is 0. The number of carbonyl (C=O) groups excluding carboxylic acids is 3. The first-order chi connectivity index (χ1) is 14.4. The zero-order valence-corrected chi connectivity index (χ0v) is 18.8. The van der Waals surface area contributed by atoms with Crippen molar-refractivity contribution < 1.29 is 42.8 Å². The smallest absolute Gasteiger partial charge is 0.463 e. The minimum absolute atomic E-state index is 0.0342. The molecule has 0 aromatic heterocycles. The fraction of sp³-hybridized carbons (Fsp3) is 0.857. The van der Waals surface area contributed by atoms with E-state index in [2.05, 4.69) is 6.92 Å². The number of hydrogen-bond acceptors (Lipinski definition) is 9. The second kappa shape index (κ2) is 19.0. The molecule has 2 atom stereocenters. The van der Waals surface area contributed by atoms with Crippen LogP contribution in [0.4, 0.5) is 9.59 Å². The Hall–Kier alpha value is -2.03. The number of esters is 1. The number of unbranched alkanes of at least 4 members (excludes halogenated alkanes) is 4. The molecule has 0 aliphatic carbocycles. The molecular formula is C21H38O9. The molecule has 9 nitrogen and oxygen atoms in total. The van der Waals surface area contributed by atoms with Gasteiger partial charge < -0.3 is 28.4 Å². The summed E-state index contributed by atoms with van der Waals surface area (Å²) in [6, 6.07) is 0. The van der Waals surface area contributed by atoms with E-state index in [-0.39, 0.29) is 32.5 Å². The van der Waals surface area contributed by atoms with E-state index in [1.54, 1.807) is 0 Å². The van der Waals surface area contributed by atoms with Crippen LogP contribution in [0.5, 0.6) is 0 Å². The van der Waals surface area contributed by atoms with E-state index in [9.17, 15) is 14.4 Å². The molecule has 0 heterocycles. The van der Waals surface area contributed by atoms with Gasteiger partial charge in [0.05, 0.1) is 19.8 Å². The highest BCUT2D eigenvalue weighted by atomic mass is 16.7. The van der Waals surface area contributed by atoms with E-state index in [0.717, 1.165) is 38.5 Å². The lowest BCUT2D eigenvalue weighted by Crippen LogP contribution is -2.27. The summed E-state index contributed by atoms with van der Waals surface area (Å²) in [5.74, 6) is -0.615. The molecule has 176 valence electrons. The molecule has 30 heavy (non-hydrogen) atoms. The van der Waals surface area contributed by atoms with Gasteiger partial charge >= 0.3 is 18.3 Å². The molecule has 0 aromatic rings. The highest BCUT2D eigenvalue weighted by Gasteiger charge is 2.20. The van der Waals surface area contributed by atoms with Gasteiger partial charge in [-0.1, -0.05) is 39.5 Å². The topological polar surface area (TPSA) is 107 Å². The Bertz CT molecular complexity index is 467. The van der Waals surface area contributed by atoms with Crippen molar-refractivity contribution in [1.82, 2.24) is 0 Å². The van der Waals surface area contributed by atoms with Crippen LogP contribution >= 0.6 is 0 Å². The van der Waals surface area contributed by atoms with E-state index >= 15 is 0 Å². The Kier molecular flexibility index (Phi) is 17.7. The predicted molar refractivity (Wildman–Crippen MR) is 109 cm³/mol. The maximum Gasteiger partial charge on any atom is 0.509 e. The fourth-order valence-corrected chi connectivity index (χ4v) is 2.25. The second-order valence-corrected chi connectivity index (χ2v) is 6.87. The van der Waals surface area contributed by atoms with E-state index < -0.39 is 24.4 Å². The maximum atomic E-state index is 11.6. The zero-order valence-electron chi connectivity index (χ0n) is 18.8. The largest absolute Gasteiger partial charge is 0.509 e. The first kappa shape index (κ1) is 28.0. The molecule has 0 aliphatic rings. The van der Waals surface area contributed by atoms with Crippen molar-refractivity contribution >= 4 is 18.3 Å². The molecule has 0 aliphatic heterocycles. The van der Waals surface area contributed by atoms with Crippen LogP contribution in [0, 0.1) is 0 Å². The van der Waals surface area contributed by atoms with E-state index in [4.69, 9.17) is 28.4 Å². The lowest BCUT2D eigenvalue weighted by molar-refractivity contribution is -0.154. The first-order valence-electron chi connectivity index (χ1n) is 10.8. The van der Waals surface area contributed by atoms with Crippen LogP contribution in [0.1, 0.15) is 72.6 Å². The van der Waals surface area contributed by atoms with Crippen molar-refractivity contribution in [2.45, 2.75) is 84.8 Å². The van der Waals surface area contributed by atoms with Crippen molar-refractivity contribution in [2.24, 2.45) is 0 Å². The SMILES string of the molecule is CCCCCC[C@H](C)OC(=O)OCCOCCOC(=O)O[C@H](C)C(=O)OCCCC. The molecule has 0 saturated heterocycles. The maximum absolute atomic E-state index is 11.6. The van der Waals surface area contributed by atoms with Crippen LogP contribution in [0.2, 0.25) is 0 Å². The minimum Gasteiger partial charge on any atom is -0.463 e. The van der Waals surface area contributed by atoms with Gasteiger partial charge in [-0.3, -0.25) is 0 Å². The minimum atomic E-state index is -1.04. The van der Waals surface area contributed by atoms with Crippen molar-refractivity contribution in [3.8, 4) is 0 Å². The van der Waals surface area contributed by atoms with E-state index in [1.807, 2.05) is 13.8 Å². The lowest BCUT2D eigenvalue weighted by Gasteiger charge is -2.13. The average Bonchev–Trinajstić information content (AvgIpc) is 2.70. The number of ether oxygens (including phenoxy) is 6. The van der Waals surface area contributed by atoms with Gasteiger partial charge in [0.15, 0.2) is 6.10 Å². The third-order valence-electron chi connectivity index (χ3n) is 4.00. The number of carbonyl (C=O) groups is 3. The Morgan fingerprint density at radius 1 is 0.667 bits per heavy atom. The molecule has 0 radical (unpaired) electrons. The monoisotopic (exact) mass is 434 g/mol. The van der Waals surface area contributed by atoms with Crippen LogP contribution in [0.25, 0.3) is 0 Å².